The highest BCUT2D eigenvalue weighted by Crippen LogP contribution is 2.32. The molecule has 1 aromatic heterocycles. The Kier molecular flexibility index (Phi) is 2.95. The predicted octanol–water partition coefficient (Wildman–Crippen LogP) is 2.09. The zero-order valence-electron chi connectivity index (χ0n) is 8.66. The minimum atomic E-state index is -0.187. The van der Waals surface area contributed by atoms with E-state index in [4.69, 9.17) is 11.6 Å². The molecule has 2 rings (SSSR count). The Morgan fingerprint density at radius 3 is 3.00 bits per heavy atom. The molecule has 1 heterocycles. The second-order valence-corrected chi connectivity index (χ2v) is 4.14. The molecule has 0 unspecified atom stereocenters. The minimum Gasteiger partial charge on any atom is -0.322 e. The summed E-state index contributed by atoms with van der Waals surface area (Å²) < 4.78 is 1.95. The van der Waals surface area contributed by atoms with Gasteiger partial charge in [-0.15, -0.1) is 11.6 Å². The van der Waals surface area contributed by atoms with Crippen LogP contribution in [0, 0.1) is 6.92 Å². The number of aromatic nitrogens is 2. The quantitative estimate of drug-likeness (QED) is 0.804. The van der Waals surface area contributed by atoms with Crippen molar-refractivity contribution in [2.75, 3.05) is 11.2 Å². The zero-order chi connectivity index (χ0) is 10.8. The Morgan fingerprint density at radius 2 is 2.47 bits per heavy atom. The summed E-state index contributed by atoms with van der Waals surface area (Å²) in [5.74, 6) is -0.207. The van der Waals surface area contributed by atoms with E-state index in [1.54, 1.807) is 0 Å². The van der Waals surface area contributed by atoms with E-state index < -0.39 is 0 Å². The number of carbonyl (C=O) groups is 1. The molecule has 1 saturated carbocycles. The van der Waals surface area contributed by atoms with Crippen molar-refractivity contribution in [3.8, 4) is 0 Å². The van der Waals surface area contributed by atoms with Gasteiger partial charge in [-0.3, -0.25) is 9.48 Å². The lowest BCUT2D eigenvalue weighted by Crippen LogP contribution is -2.17. The van der Waals surface area contributed by atoms with Crippen LogP contribution in [-0.4, -0.2) is 21.6 Å². The maximum Gasteiger partial charge on any atom is 0.239 e. The van der Waals surface area contributed by atoms with Gasteiger partial charge in [-0.05, 0) is 26.2 Å². The van der Waals surface area contributed by atoms with Crippen molar-refractivity contribution in [3.05, 3.63) is 11.9 Å². The lowest BCUT2D eigenvalue weighted by atomic mass is 9.93. The first-order chi connectivity index (χ1) is 7.20. The first kappa shape index (κ1) is 10.5. The van der Waals surface area contributed by atoms with E-state index in [1.165, 1.54) is 19.3 Å². The number of hydrogen-bond acceptors (Lipinski definition) is 2. The molecule has 1 amide bonds. The minimum absolute atomic E-state index is 0.0198. The molecule has 0 atom stereocenters. The fraction of sp³-hybridized carbons (Fsp3) is 0.600. The number of aryl methyl sites for hydroxylation is 1. The molecule has 15 heavy (non-hydrogen) atoms. The summed E-state index contributed by atoms with van der Waals surface area (Å²) in [5, 5.41) is 7.11. The number of anilines is 1. The van der Waals surface area contributed by atoms with Crippen LogP contribution in [0.15, 0.2) is 6.20 Å². The lowest BCUT2D eigenvalue weighted by molar-refractivity contribution is -0.113. The van der Waals surface area contributed by atoms with Crippen molar-refractivity contribution in [1.82, 2.24) is 9.78 Å². The Hall–Kier alpha value is -1.03. The van der Waals surface area contributed by atoms with Gasteiger partial charge >= 0.3 is 0 Å². The molecule has 1 aliphatic rings. The van der Waals surface area contributed by atoms with E-state index in [-0.39, 0.29) is 11.8 Å². The molecular weight excluding hydrogens is 214 g/mol. The van der Waals surface area contributed by atoms with Gasteiger partial charge in [0.1, 0.15) is 5.88 Å². The Bertz CT molecular complexity index is 371. The third kappa shape index (κ3) is 2.15. The molecule has 0 aliphatic heterocycles. The van der Waals surface area contributed by atoms with E-state index >= 15 is 0 Å². The predicted molar refractivity (Wildman–Crippen MR) is 59.2 cm³/mol. The van der Waals surface area contributed by atoms with Crippen molar-refractivity contribution in [1.29, 1.82) is 0 Å². The molecule has 1 aliphatic carbocycles. The van der Waals surface area contributed by atoms with Gasteiger partial charge in [0.05, 0.1) is 17.4 Å². The van der Waals surface area contributed by atoms with Gasteiger partial charge < -0.3 is 5.32 Å². The van der Waals surface area contributed by atoms with E-state index in [2.05, 4.69) is 10.4 Å². The van der Waals surface area contributed by atoms with Gasteiger partial charge in [-0.25, -0.2) is 0 Å². The van der Waals surface area contributed by atoms with Crippen LogP contribution >= 0.6 is 11.6 Å². The van der Waals surface area contributed by atoms with Gasteiger partial charge in [0.25, 0.3) is 0 Å². The maximum atomic E-state index is 11.1. The van der Waals surface area contributed by atoms with E-state index in [0.29, 0.717) is 6.04 Å². The zero-order valence-corrected chi connectivity index (χ0v) is 9.42. The third-order valence-corrected chi connectivity index (χ3v) is 3.00. The fourth-order valence-corrected chi connectivity index (χ4v) is 1.69. The van der Waals surface area contributed by atoms with Crippen LogP contribution in [0.4, 0.5) is 5.69 Å². The van der Waals surface area contributed by atoms with Gasteiger partial charge in [0.2, 0.25) is 5.91 Å². The summed E-state index contributed by atoms with van der Waals surface area (Å²) >= 11 is 5.42. The average Bonchev–Trinajstić information content (AvgIpc) is 2.44. The highest BCUT2D eigenvalue weighted by molar-refractivity contribution is 6.29. The first-order valence-corrected chi connectivity index (χ1v) is 5.65. The number of amides is 1. The number of carbonyl (C=O) groups excluding carboxylic acids is 1. The molecule has 0 bridgehead atoms. The molecule has 1 N–H and O–H groups in total. The number of halogens is 1. The summed E-state index contributed by atoms with van der Waals surface area (Å²) in [7, 11) is 0. The van der Waals surface area contributed by atoms with E-state index in [1.807, 2.05) is 17.8 Å². The molecule has 1 aromatic rings. The van der Waals surface area contributed by atoms with Gasteiger partial charge in [0, 0.05) is 6.20 Å². The van der Waals surface area contributed by atoms with Crippen molar-refractivity contribution < 1.29 is 4.79 Å². The van der Waals surface area contributed by atoms with Gasteiger partial charge in [-0.2, -0.15) is 5.10 Å². The smallest absolute Gasteiger partial charge is 0.239 e. The molecule has 0 spiro atoms. The number of alkyl halides is 1. The number of hydrogen-bond donors (Lipinski definition) is 1. The van der Waals surface area contributed by atoms with Crippen molar-refractivity contribution >= 4 is 23.2 Å². The Morgan fingerprint density at radius 1 is 1.73 bits per heavy atom. The third-order valence-electron chi connectivity index (χ3n) is 2.76. The summed E-state index contributed by atoms with van der Waals surface area (Å²) in [5.41, 5.74) is 1.62. The number of nitrogens with zero attached hydrogens (tertiary/aromatic N) is 2. The van der Waals surface area contributed by atoms with E-state index in [9.17, 15) is 4.79 Å². The summed E-state index contributed by atoms with van der Waals surface area (Å²) in [4.78, 5) is 11.1. The summed E-state index contributed by atoms with van der Waals surface area (Å²) in [6, 6.07) is 0.519. The van der Waals surface area contributed by atoms with Crippen molar-refractivity contribution in [3.63, 3.8) is 0 Å². The molecule has 0 radical (unpaired) electrons. The van der Waals surface area contributed by atoms with Crippen LogP contribution < -0.4 is 5.32 Å². The topological polar surface area (TPSA) is 46.9 Å². The fourth-order valence-electron chi connectivity index (χ4n) is 1.63. The van der Waals surface area contributed by atoms with Gasteiger partial charge in [0.15, 0.2) is 0 Å². The van der Waals surface area contributed by atoms with E-state index in [0.717, 1.165) is 11.4 Å². The Labute approximate surface area is 93.6 Å². The average molecular weight is 228 g/mol. The van der Waals surface area contributed by atoms with Crippen LogP contribution in [0.1, 0.15) is 31.0 Å². The van der Waals surface area contributed by atoms with Crippen LogP contribution in [0.25, 0.3) is 0 Å². The highest BCUT2D eigenvalue weighted by Gasteiger charge is 2.21. The molecule has 1 fully saturated rings. The van der Waals surface area contributed by atoms with Gasteiger partial charge in [-0.1, -0.05) is 0 Å². The number of rotatable bonds is 3. The summed E-state index contributed by atoms with van der Waals surface area (Å²) in [6.07, 6.45) is 5.53. The van der Waals surface area contributed by atoms with Crippen molar-refractivity contribution in [2.45, 2.75) is 32.2 Å². The molecule has 0 aromatic carbocycles. The number of nitrogens with one attached hydrogen (secondary N) is 1. The monoisotopic (exact) mass is 227 g/mol. The highest BCUT2D eigenvalue weighted by atomic mass is 35.5. The SMILES string of the molecule is Cc1nn(C2CCC2)cc1NC(=O)CCl. The van der Waals surface area contributed by atoms with Crippen LogP contribution in [0.5, 0.6) is 0 Å². The lowest BCUT2D eigenvalue weighted by Gasteiger charge is -2.25. The van der Waals surface area contributed by atoms with Crippen LogP contribution in [0.2, 0.25) is 0 Å². The standard InChI is InChI=1S/C10H14ClN3O/c1-7-9(12-10(15)5-11)6-14(13-7)8-3-2-4-8/h6,8H,2-5H2,1H3,(H,12,15). The Balaban J connectivity index is 2.10. The summed E-state index contributed by atoms with van der Waals surface area (Å²) in [6.45, 7) is 1.89. The molecule has 4 nitrogen and oxygen atoms in total. The maximum absolute atomic E-state index is 11.1. The molecular formula is C10H14ClN3O. The second-order valence-electron chi connectivity index (χ2n) is 3.87. The first-order valence-electron chi connectivity index (χ1n) is 5.12. The van der Waals surface area contributed by atoms with Crippen molar-refractivity contribution in [2.24, 2.45) is 0 Å². The van der Waals surface area contributed by atoms with Crippen LogP contribution in [-0.2, 0) is 4.79 Å². The van der Waals surface area contributed by atoms with Crippen LogP contribution in [0.3, 0.4) is 0 Å². The normalized spacial score (nSPS) is 16.1. The molecule has 82 valence electrons. The largest absolute Gasteiger partial charge is 0.322 e. The molecule has 0 saturated heterocycles. The molecule has 5 heteroatoms. The second kappa shape index (κ2) is 4.23.